The number of amides is 1. The summed E-state index contributed by atoms with van der Waals surface area (Å²) < 4.78 is 27.1. The van der Waals surface area contributed by atoms with Gasteiger partial charge >= 0.3 is 5.97 Å². The molecule has 0 saturated carbocycles. The molecular formula is C27H32N6O7S. The highest BCUT2D eigenvalue weighted by Crippen LogP contribution is 2.41. The molecule has 0 radical (unpaired) electrons. The third-order valence-electron chi connectivity index (χ3n) is 6.70. The Balaban J connectivity index is 1.53. The van der Waals surface area contributed by atoms with Crippen molar-refractivity contribution in [3.05, 3.63) is 33.8 Å². The highest BCUT2D eigenvalue weighted by atomic mass is 32.1. The number of esters is 1. The fourth-order valence-corrected chi connectivity index (χ4v) is 5.66. The molecule has 0 bridgehead atoms. The van der Waals surface area contributed by atoms with Crippen LogP contribution in [0.3, 0.4) is 0 Å². The number of aromatic nitrogens is 3. The van der Waals surface area contributed by atoms with E-state index in [1.165, 1.54) is 0 Å². The largest absolute Gasteiger partial charge is 0.493 e. The number of ether oxygens (including phenoxy) is 5. The van der Waals surface area contributed by atoms with Crippen molar-refractivity contribution < 1.29 is 33.3 Å². The number of rotatable bonds is 10. The van der Waals surface area contributed by atoms with Gasteiger partial charge in [0.1, 0.15) is 16.5 Å². The van der Waals surface area contributed by atoms with Gasteiger partial charge in [-0.05, 0) is 31.5 Å². The number of morpholine rings is 1. The van der Waals surface area contributed by atoms with Crippen molar-refractivity contribution in [3.8, 4) is 17.2 Å². The maximum absolute atomic E-state index is 13.4. The highest BCUT2D eigenvalue weighted by Gasteiger charge is 2.35. The van der Waals surface area contributed by atoms with Crippen LogP contribution in [0.4, 0.5) is 22.7 Å². The summed E-state index contributed by atoms with van der Waals surface area (Å²) in [4.78, 5) is 43.9. The molecule has 0 spiro atoms. The summed E-state index contributed by atoms with van der Waals surface area (Å²) in [6.45, 7) is 6.37. The molecule has 13 nitrogen and oxygen atoms in total. The van der Waals surface area contributed by atoms with Gasteiger partial charge in [-0.15, -0.1) is 0 Å². The van der Waals surface area contributed by atoms with Crippen LogP contribution in [0.25, 0.3) is 0 Å². The van der Waals surface area contributed by atoms with Gasteiger partial charge < -0.3 is 28.6 Å². The smallest absolute Gasteiger partial charge is 0.350 e. The summed E-state index contributed by atoms with van der Waals surface area (Å²) >= 11 is 1.16. The number of thiazole rings is 1. The molecule has 1 aromatic carbocycles. The fourth-order valence-electron chi connectivity index (χ4n) is 4.80. The zero-order chi connectivity index (χ0) is 29.1. The fraction of sp³-hybridized carbons (Fsp3) is 0.444. The lowest BCUT2D eigenvalue weighted by molar-refractivity contribution is -0.117. The van der Waals surface area contributed by atoms with Gasteiger partial charge in [-0.2, -0.15) is 9.97 Å². The molecule has 5 rings (SSSR count). The molecular weight excluding hydrogens is 552 g/mol. The second-order valence-electron chi connectivity index (χ2n) is 9.24. The predicted octanol–water partition coefficient (Wildman–Crippen LogP) is 3.11. The minimum Gasteiger partial charge on any atom is -0.493 e. The van der Waals surface area contributed by atoms with Crippen molar-refractivity contribution in [2.45, 2.75) is 26.8 Å². The van der Waals surface area contributed by atoms with Crippen molar-refractivity contribution >= 4 is 45.9 Å². The van der Waals surface area contributed by atoms with Gasteiger partial charge in [0.15, 0.2) is 16.6 Å². The average Bonchev–Trinajstić information content (AvgIpc) is 3.50. The standard InChI is InChI=1S/C27H32N6O7S/c1-6-40-25(35)22-15(2)28-27(41-22)31-26-29-23(32-7-9-39-10-8-32)17-13-20(34)33(24(17)30-26)14-16-11-18(36-3)21(38-5)19(12-16)37-4/h11-12H,6-10,13-14H2,1-5H3,(H,28,29,30,31). The maximum Gasteiger partial charge on any atom is 0.350 e. The van der Waals surface area contributed by atoms with E-state index in [2.05, 4.69) is 15.2 Å². The van der Waals surface area contributed by atoms with E-state index < -0.39 is 5.97 Å². The minimum absolute atomic E-state index is 0.107. The Morgan fingerprint density at radius 2 is 1.73 bits per heavy atom. The van der Waals surface area contributed by atoms with Crippen molar-refractivity contribution in [1.82, 2.24) is 15.0 Å². The first-order valence-corrected chi connectivity index (χ1v) is 13.9. The first kappa shape index (κ1) is 28.4. The zero-order valence-corrected chi connectivity index (χ0v) is 24.4. The topological polar surface area (TPSA) is 137 Å². The van der Waals surface area contributed by atoms with Crippen LogP contribution in [0.2, 0.25) is 0 Å². The van der Waals surface area contributed by atoms with Crippen molar-refractivity contribution in [3.63, 3.8) is 0 Å². The predicted molar refractivity (Wildman–Crippen MR) is 152 cm³/mol. The van der Waals surface area contributed by atoms with E-state index in [1.807, 2.05) is 12.1 Å². The number of fused-ring (bicyclic) bond motifs is 1. The summed E-state index contributed by atoms with van der Waals surface area (Å²) in [5.74, 6) is 2.34. The molecule has 1 N–H and O–H groups in total. The van der Waals surface area contributed by atoms with E-state index in [4.69, 9.17) is 33.7 Å². The Kier molecular flexibility index (Phi) is 8.40. The Labute approximate surface area is 241 Å². The number of anilines is 4. The number of benzene rings is 1. The molecule has 2 aromatic heterocycles. The highest BCUT2D eigenvalue weighted by molar-refractivity contribution is 7.17. The second-order valence-corrected chi connectivity index (χ2v) is 10.2. The van der Waals surface area contributed by atoms with Crippen LogP contribution in [-0.2, 0) is 27.2 Å². The summed E-state index contributed by atoms with van der Waals surface area (Å²) in [6, 6.07) is 3.62. The van der Waals surface area contributed by atoms with Gasteiger partial charge in [0.05, 0.1) is 59.8 Å². The molecule has 41 heavy (non-hydrogen) atoms. The Bertz CT molecular complexity index is 1430. The zero-order valence-electron chi connectivity index (χ0n) is 23.6. The van der Waals surface area contributed by atoms with Crippen LogP contribution < -0.4 is 29.3 Å². The molecule has 218 valence electrons. The van der Waals surface area contributed by atoms with E-state index >= 15 is 0 Å². The van der Waals surface area contributed by atoms with Gasteiger partial charge in [0.2, 0.25) is 17.6 Å². The number of methoxy groups -OCH3 is 3. The van der Waals surface area contributed by atoms with Crippen LogP contribution in [0.5, 0.6) is 17.2 Å². The lowest BCUT2D eigenvalue weighted by Gasteiger charge is -2.29. The Morgan fingerprint density at radius 1 is 1.05 bits per heavy atom. The lowest BCUT2D eigenvalue weighted by Crippen LogP contribution is -2.37. The molecule has 1 amide bonds. The van der Waals surface area contributed by atoms with E-state index in [1.54, 1.807) is 40.1 Å². The third-order valence-corrected chi connectivity index (χ3v) is 7.75. The number of carbonyl (C=O) groups excluding carboxylic acids is 2. The third kappa shape index (κ3) is 5.70. The SMILES string of the molecule is CCOC(=O)c1sc(Nc2nc(N3CCOCC3)c3c(n2)N(Cc2cc(OC)c(OC)c(OC)c2)C(=O)C3)nc1C. The molecule has 2 aliphatic rings. The maximum atomic E-state index is 13.4. The first-order chi connectivity index (χ1) is 19.9. The van der Waals surface area contributed by atoms with Crippen LogP contribution >= 0.6 is 11.3 Å². The Morgan fingerprint density at radius 3 is 2.37 bits per heavy atom. The quantitative estimate of drug-likeness (QED) is 0.351. The molecule has 3 aromatic rings. The van der Waals surface area contributed by atoms with Gasteiger partial charge in [0.25, 0.3) is 0 Å². The molecule has 0 unspecified atom stereocenters. The van der Waals surface area contributed by atoms with E-state index in [0.29, 0.717) is 70.9 Å². The van der Waals surface area contributed by atoms with E-state index in [-0.39, 0.29) is 31.4 Å². The normalized spacial score (nSPS) is 14.6. The van der Waals surface area contributed by atoms with Crippen molar-refractivity contribution in [2.24, 2.45) is 0 Å². The van der Waals surface area contributed by atoms with Crippen molar-refractivity contribution in [1.29, 1.82) is 0 Å². The summed E-state index contributed by atoms with van der Waals surface area (Å²) in [5, 5.41) is 3.59. The number of carbonyl (C=O) groups is 2. The monoisotopic (exact) mass is 584 g/mol. The number of hydrogen-bond acceptors (Lipinski definition) is 13. The molecule has 2 aliphatic heterocycles. The van der Waals surface area contributed by atoms with Gasteiger partial charge in [-0.1, -0.05) is 11.3 Å². The summed E-state index contributed by atoms with van der Waals surface area (Å²) in [7, 11) is 4.63. The van der Waals surface area contributed by atoms with Gasteiger partial charge in [-0.25, -0.2) is 9.78 Å². The minimum atomic E-state index is -0.429. The second kappa shape index (κ2) is 12.1. The van der Waals surface area contributed by atoms with E-state index in [0.717, 1.165) is 22.5 Å². The average molecular weight is 585 g/mol. The molecule has 1 saturated heterocycles. The van der Waals surface area contributed by atoms with Crippen LogP contribution in [-0.4, -0.2) is 81.1 Å². The van der Waals surface area contributed by atoms with E-state index in [9.17, 15) is 9.59 Å². The number of hydrogen-bond donors (Lipinski definition) is 1. The van der Waals surface area contributed by atoms with Crippen LogP contribution in [0.1, 0.15) is 33.4 Å². The van der Waals surface area contributed by atoms with Crippen LogP contribution in [0.15, 0.2) is 12.1 Å². The molecule has 4 heterocycles. The number of aryl methyl sites for hydroxylation is 1. The summed E-state index contributed by atoms with van der Waals surface area (Å²) in [5.41, 5.74) is 2.07. The lowest BCUT2D eigenvalue weighted by atomic mass is 10.1. The number of nitrogens with zero attached hydrogens (tertiary/aromatic N) is 5. The Hall–Kier alpha value is -4.17. The van der Waals surface area contributed by atoms with Crippen LogP contribution in [0, 0.1) is 6.92 Å². The molecule has 14 heteroatoms. The van der Waals surface area contributed by atoms with Crippen molar-refractivity contribution in [2.75, 3.05) is 69.4 Å². The van der Waals surface area contributed by atoms with Gasteiger partial charge in [-0.3, -0.25) is 15.0 Å². The molecule has 0 atom stereocenters. The molecule has 0 aliphatic carbocycles. The first-order valence-electron chi connectivity index (χ1n) is 13.1. The van der Waals surface area contributed by atoms with Gasteiger partial charge in [0, 0.05) is 18.7 Å². The molecule has 1 fully saturated rings. The number of nitrogens with one attached hydrogen (secondary N) is 1. The summed E-state index contributed by atoms with van der Waals surface area (Å²) in [6.07, 6.45) is 0.163.